The van der Waals surface area contributed by atoms with Gasteiger partial charge in [-0.25, -0.2) is 17.6 Å². The van der Waals surface area contributed by atoms with E-state index in [2.05, 4.69) is 13.5 Å². The summed E-state index contributed by atoms with van der Waals surface area (Å²) in [5.41, 5.74) is -0.208. The average molecular weight is 491 g/mol. The normalized spacial score (nSPS) is 24.9. The van der Waals surface area contributed by atoms with Crippen molar-refractivity contribution >= 4 is 0 Å². The van der Waals surface area contributed by atoms with E-state index in [-0.39, 0.29) is 34.3 Å². The highest BCUT2D eigenvalue weighted by Gasteiger charge is 2.28. The van der Waals surface area contributed by atoms with Gasteiger partial charge in [-0.1, -0.05) is 43.7 Å². The summed E-state index contributed by atoms with van der Waals surface area (Å²) < 4.78 is 71.3. The number of hydrogen-bond acceptors (Lipinski definition) is 2. The molecule has 0 radical (unpaired) electrons. The molecule has 2 aromatic rings. The first-order valence-electron chi connectivity index (χ1n) is 12.7. The summed E-state index contributed by atoms with van der Waals surface area (Å²) in [4.78, 5) is 0. The highest BCUT2D eigenvalue weighted by atomic mass is 19.2. The molecule has 0 saturated carbocycles. The van der Waals surface area contributed by atoms with E-state index in [0.717, 1.165) is 32.1 Å². The van der Waals surface area contributed by atoms with E-state index in [9.17, 15) is 13.2 Å². The van der Waals surface area contributed by atoms with E-state index in [1.54, 1.807) is 6.08 Å². The minimum atomic E-state index is -1.18. The van der Waals surface area contributed by atoms with E-state index in [1.807, 2.05) is 0 Å². The van der Waals surface area contributed by atoms with Gasteiger partial charge in [0.25, 0.3) is 0 Å². The summed E-state index contributed by atoms with van der Waals surface area (Å²) in [5.74, 6) is -3.69. The minimum absolute atomic E-state index is 0.0593. The van der Waals surface area contributed by atoms with E-state index < -0.39 is 29.4 Å². The lowest BCUT2D eigenvalue weighted by molar-refractivity contribution is -0.0214. The number of halogens is 4. The second-order valence-corrected chi connectivity index (χ2v) is 9.87. The zero-order valence-electron chi connectivity index (χ0n) is 20.3. The maximum atomic E-state index is 15.0. The number of aryl methyl sites for hydroxylation is 1. The van der Waals surface area contributed by atoms with Gasteiger partial charge in [-0.3, -0.25) is 0 Å². The van der Waals surface area contributed by atoms with Crippen molar-refractivity contribution in [3.63, 3.8) is 0 Å². The summed E-state index contributed by atoms with van der Waals surface area (Å²) in [5, 5.41) is 0. The van der Waals surface area contributed by atoms with Crippen molar-refractivity contribution in [3.8, 4) is 11.1 Å². The molecule has 0 aromatic heterocycles. The molecule has 2 heterocycles. The van der Waals surface area contributed by atoms with Crippen LogP contribution in [0.3, 0.4) is 0 Å². The van der Waals surface area contributed by atoms with Crippen LogP contribution in [0.4, 0.5) is 17.6 Å². The molecular weight excluding hydrogens is 456 g/mol. The van der Waals surface area contributed by atoms with Gasteiger partial charge in [-0.05, 0) is 62.3 Å². The van der Waals surface area contributed by atoms with E-state index in [0.29, 0.717) is 38.4 Å². The summed E-state index contributed by atoms with van der Waals surface area (Å²) >= 11 is 0. The second kappa shape index (κ2) is 11.7. The van der Waals surface area contributed by atoms with Crippen LogP contribution in [0.25, 0.3) is 11.1 Å². The van der Waals surface area contributed by atoms with E-state index in [1.165, 1.54) is 24.3 Å². The fraction of sp³-hybridized carbons (Fsp3) is 0.517. The van der Waals surface area contributed by atoms with Crippen LogP contribution in [0.1, 0.15) is 69.1 Å². The number of benzene rings is 2. The second-order valence-electron chi connectivity index (χ2n) is 9.87. The van der Waals surface area contributed by atoms with Gasteiger partial charge in [-0.2, -0.15) is 0 Å². The topological polar surface area (TPSA) is 18.5 Å². The predicted molar refractivity (Wildman–Crippen MR) is 129 cm³/mol. The van der Waals surface area contributed by atoms with Crippen molar-refractivity contribution in [3.05, 3.63) is 71.3 Å². The van der Waals surface area contributed by atoms with Gasteiger partial charge in [-0.15, -0.1) is 6.58 Å². The number of ether oxygens (including phenoxy) is 2. The zero-order chi connectivity index (χ0) is 24.9. The predicted octanol–water partition coefficient (Wildman–Crippen LogP) is 8.09. The monoisotopic (exact) mass is 490 g/mol. The fourth-order valence-electron chi connectivity index (χ4n) is 5.30. The van der Waals surface area contributed by atoms with Crippen molar-refractivity contribution in [2.75, 3.05) is 13.2 Å². The van der Waals surface area contributed by atoms with Crippen LogP contribution in [-0.4, -0.2) is 19.3 Å². The maximum Gasteiger partial charge on any atom is 0.167 e. The molecule has 2 nitrogen and oxygen atoms in total. The third kappa shape index (κ3) is 5.80. The molecule has 35 heavy (non-hydrogen) atoms. The first-order chi connectivity index (χ1) is 16.9. The van der Waals surface area contributed by atoms with Crippen molar-refractivity contribution in [2.24, 2.45) is 11.8 Å². The largest absolute Gasteiger partial charge is 0.374 e. The smallest absolute Gasteiger partial charge is 0.167 e. The molecule has 6 heteroatoms. The molecule has 0 amide bonds. The van der Waals surface area contributed by atoms with Crippen LogP contribution in [0, 0.1) is 35.1 Å². The third-order valence-electron chi connectivity index (χ3n) is 7.47. The first-order valence-corrected chi connectivity index (χ1v) is 12.7. The average Bonchev–Trinajstić information content (AvgIpc) is 2.88. The Morgan fingerprint density at radius 3 is 2.09 bits per heavy atom. The van der Waals surface area contributed by atoms with Gasteiger partial charge in [0.05, 0.1) is 25.4 Å². The van der Waals surface area contributed by atoms with Crippen molar-refractivity contribution in [1.82, 2.24) is 0 Å². The van der Waals surface area contributed by atoms with Crippen LogP contribution in [-0.2, 0) is 15.9 Å². The van der Waals surface area contributed by atoms with Gasteiger partial charge in [0.1, 0.15) is 0 Å². The minimum Gasteiger partial charge on any atom is -0.374 e. The van der Waals surface area contributed by atoms with Gasteiger partial charge in [0, 0.05) is 16.7 Å². The maximum absolute atomic E-state index is 15.0. The Bertz CT molecular complexity index is 1020. The molecule has 0 bridgehead atoms. The molecule has 2 aliphatic heterocycles. The van der Waals surface area contributed by atoms with Crippen LogP contribution in [0.5, 0.6) is 0 Å². The highest BCUT2D eigenvalue weighted by molar-refractivity contribution is 5.66. The molecule has 4 atom stereocenters. The van der Waals surface area contributed by atoms with Crippen LogP contribution in [0.2, 0.25) is 0 Å². The van der Waals surface area contributed by atoms with Crippen LogP contribution < -0.4 is 0 Å². The fourth-order valence-corrected chi connectivity index (χ4v) is 5.30. The Kier molecular flexibility index (Phi) is 8.66. The standard InChI is InChI=1S/C29H34F4O2/c1-3-5-18-8-15-25(35-17-18)24-14-13-23(28(32)29(24)33)22-12-10-20(26(30)27(22)31)9-6-19-7-11-21(4-2)34-16-19/h4,10,12-14,18-19,21,25H,2-3,5-9,11,15-17H2,1H3. The first kappa shape index (κ1) is 25.9. The van der Waals surface area contributed by atoms with Crippen LogP contribution >= 0.6 is 0 Å². The summed E-state index contributed by atoms with van der Waals surface area (Å²) in [6.45, 7) is 6.93. The van der Waals surface area contributed by atoms with Gasteiger partial charge in [0.2, 0.25) is 0 Å². The molecule has 2 aromatic carbocycles. The van der Waals surface area contributed by atoms with Crippen molar-refractivity contribution in [1.29, 1.82) is 0 Å². The molecule has 2 fully saturated rings. The quantitative estimate of drug-likeness (QED) is 0.275. The number of rotatable bonds is 8. The molecule has 4 rings (SSSR count). The Hall–Kier alpha value is -2.18. The Labute approximate surface area is 205 Å². The van der Waals surface area contributed by atoms with Crippen molar-refractivity contribution in [2.45, 2.75) is 70.5 Å². The van der Waals surface area contributed by atoms with E-state index in [4.69, 9.17) is 9.47 Å². The van der Waals surface area contributed by atoms with Gasteiger partial charge in [0.15, 0.2) is 23.3 Å². The Morgan fingerprint density at radius 2 is 1.46 bits per heavy atom. The summed E-state index contributed by atoms with van der Waals surface area (Å²) in [6, 6.07) is 5.56. The summed E-state index contributed by atoms with van der Waals surface area (Å²) in [6.07, 6.45) is 7.75. The SMILES string of the molecule is C=CC1CCC(CCc2ccc(-c3ccc(C4CCC(CCC)CO4)c(F)c3F)c(F)c2F)CO1. The highest BCUT2D eigenvalue weighted by Crippen LogP contribution is 2.37. The zero-order valence-corrected chi connectivity index (χ0v) is 20.3. The van der Waals surface area contributed by atoms with E-state index >= 15 is 4.39 Å². The lowest BCUT2D eigenvalue weighted by atomic mass is 9.90. The van der Waals surface area contributed by atoms with Crippen molar-refractivity contribution < 1.29 is 27.0 Å². The molecule has 2 saturated heterocycles. The lowest BCUT2D eigenvalue weighted by Gasteiger charge is -2.29. The Balaban J connectivity index is 1.46. The van der Waals surface area contributed by atoms with Gasteiger partial charge < -0.3 is 9.47 Å². The Morgan fingerprint density at radius 1 is 0.800 bits per heavy atom. The summed E-state index contributed by atoms with van der Waals surface area (Å²) in [7, 11) is 0. The van der Waals surface area contributed by atoms with Gasteiger partial charge >= 0.3 is 0 Å². The molecule has 4 unspecified atom stereocenters. The molecule has 0 spiro atoms. The molecule has 2 aliphatic rings. The molecule has 0 N–H and O–H groups in total. The lowest BCUT2D eigenvalue weighted by Crippen LogP contribution is -2.24. The number of hydrogen-bond donors (Lipinski definition) is 0. The molecule has 0 aliphatic carbocycles. The van der Waals surface area contributed by atoms with Crippen LogP contribution in [0.15, 0.2) is 36.9 Å². The third-order valence-corrected chi connectivity index (χ3v) is 7.47. The molecular formula is C29H34F4O2. The molecule has 190 valence electrons.